The van der Waals surface area contributed by atoms with Gasteiger partial charge in [-0.25, -0.2) is 4.79 Å². The summed E-state index contributed by atoms with van der Waals surface area (Å²) < 4.78 is 15.8. The molecule has 0 bridgehead atoms. The molecule has 0 spiro atoms. The molecule has 1 N–H and O–H groups in total. The molecule has 2 aromatic carbocycles. The van der Waals surface area contributed by atoms with Crippen molar-refractivity contribution in [1.29, 1.82) is 0 Å². The van der Waals surface area contributed by atoms with Crippen LogP contribution in [0.4, 0.5) is 5.69 Å². The number of hydrogen-bond donors (Lipinski definition) is 1. The number of hydrogen-bond acceptors (Lipinski definition) is 5. The van der Waals surface area contributed by atoms with Gasteiger partial charge in [0.1, 0.15) is 0 Å². The highest BCUT2D eigenvalue weighted by Gasteiger charge is 2.18. The van der Waals surface area contributed by atoms with Gasteiger partial charge >= 0.3 is 5.97 Å². The third-order valence-corrected chi connectivity index (χ3v) is 4.24. The number of amides is 1. The van der Waals surface area contributed by atoms with E-state index in [-0.39, 0.29) is 10.9 Å². The van der Waals surface area contributed by atoms with Crippen molar-refractivity contribution in [3.8, 4) is 11.5 Å². The summed E-state index contributed by atoms with van der Waals surface area (Å²) >= 11 is 6.31. The summed E-state index contributed by atoms with van der Waals surface area (Å²) in [4.78, 5) is 24.5. The molecule has 28 heavy (non-hydrogen) atoms. The van der Waals surface area contributed by atoms with E-state index < -0.39 is 5.97 Å². The Balaban J connectivity index is 2.30. The Bertz CT molecular complexity index is 879. The van der Waals surface area contributed by atoms with Gasteiger partial charge in [-0.1, -0.05) is 31.5 Å². The molecule has 0 radical (unpaired) electrons. The van der Waals surface area contributed by atoms with Crippen LogP contribution in [0.1, 0.15) is 40.1 Å². The van der Waals surface area contributed by atoms with Crippen molar-refractivity contribution >= 4 is 29.2 Å². The highest BCUT2D eigenvalue weighted by molar-refractivity contribution is 6.32. The van der Waals surface area contributed by atoms with Crippen LogP contribution in [0.25, 0.3) is 0 Å². The molecule has 0 atom stereocenters. The summed E-state index contributed by atoms with van der Waals surface area (Å²) in [5.41, 5.74) is 1.96. The summed E-state index contributed by atoms with van der Waals surface area (Å²) in [6, 6.07) is 8.03. The molecule has 0 heterocycles. The molecule has 2 rings (SSSR count). The van der Waals surface area contributed by atoms with Crippen molar-refractivity contribution in [2.45, 2.75) is 20.8 Å². The molecule has 0 aliphatic carbocycles. The Morgan fingerprint density at radius 3 is 2.43 bits per heavy atom. The summed E-state index contributed by atoms with van der Waals surface area (Å²) in [5, 5.41) is 3.07. The maximum Gasteiger partial charge on any atom is 0.337 e. The number of nitrogens with one attached hydrogen (secondary N) is 1. The van der Waals surface area contributed by atoms with Crippen LogP contribution in [0.2, 0.25) is 5.02 Å². The highest BCUT2D eigenvalue weighted by Crippen LogP contribution is 2.37. The molecule has 0 saturated heterocycles. The molecule has 2 aromatic rings. The van der Waals surface area contributed by atoms with Crippen LogP contribution in [0, 0.1) is 12.8 Å². The first kappa shape index (κ1) is 21.6. The minimum absolute atomic E-state index is 0.283. The lowest BCUT2D eigenvalue weighted by Gasteiger charge is -2.16. The molecule has 0 aliphatic heterocycles. The van der Waals surface area contributed by atoms with Gasteiger partial charge in [-0.2, -0.15) is 0 Å². The molecular formula is C21H24ClNO5. The predicted octanol–water partition coefficient (Wildman–Crippen LogP) is 4.73. The fourth-order valence-electron chi connectivity index (χ4n) is 2.44. The first-order valence-electron chi connectivity index (χ1n) is 8.77. The lowest BCUT2D eigenvalue weighted by molar-refractivity contribution is 0.0600. The molecule has 0 aliphatic rings. The van der Waals surface area contributed by atoms with Crippen LogP contribution in [0.3, 0.4) is 0 Å². The van der Waals surface area contributed by atoms with E-state index in [0.717, 1.165) is 5.56 Å². The third-order valence-electron chi connectivity index (χ3n) is 3.96. The molecule has 0 saturated carbocycles. The van der Waals surface area contributed by atoms with Crippen LogP contribution < -0.4 is 14.8 Å². The van der Waals surface area contributed by atoms with Gasteiger partial charge in [0.05, 0.1) is 31.4 Å². The normalized spacial score (nSPS) is 10.5. The average molecular weight is 406 g/mol. The van der Waals surface area contributed by atoms with E-state index in [2.05, 4.69) is 5.32 Å². The predicted molar refractivity (Wildman–Crippen MR) is 109 cm³/mol. The van der Waals surface area contributed by atoms with E-state index in [1.165, 1.54) is 20.3 Å². The van der Waals surface area contributed by atoms with Crippen molar-refractivity contribution in [3.05, 3.63) is 52.0 Å². The summed E-state index contributed by atoms with van der Waals surface area (Å²) in [7, 11) is 2.79. The minimum atomic E-state index is -0.480. The fourth-order valence-corrected chi connectivity index (χ4v) is 2.70. The number of aryl methyl sites for hydroxylation is 1. The molecule has 150 valence electrons. The monoisotopic (exact) mass is 405 g/mol. The highest BCUT2D eigenvalue weighted by atomic mass is 35.5. The van der Waals surface area contributed by atoms with Crippen molar-refractivity contribution < 1.29 is 23.8 Å². The van der Waals surface area contributed by atoms with Gasteiger partial charge in [0.2, 0.25) is 0 Å². The Hall–Kier alpha value is -2.73. The molecule has 7 heteroatoms. The van der Waals surface area contributed by atoms with E-state index in [0.29, 0.717) is 40.8 Å². The Morgan fingerprint density at radius 1 is 1.11 bits per heavy atom. The standard InChI is InChI=1S/C21H24ClNO5/c1-12(2)11-28-19-16(22)8-15(10-18(19)26-4)20(24)23-17-9-14(21(25)27-5)7-6-13(17)3/h6-10,12H,11H2,1-5H3,(H,23,24). The largest absolute Gasteiger partial charge is 0.493 e. The van der Waals surface area contributed by atoms with Crippen molar-refractivity contribution in [1.82, 2.24) is 0 Å². The van der Waals surface area contributed by atoms with E-state index >= 15 is 0 Å². The third kappa shape index (κ3) is 5.16. The first-order valence-corrected chi connectivity index (χ1v) is 9.15. The first-order chi connectivity index (χ1) is 13.3. The van der Waals surface area contributed by atoms with Gasteiger partial charge in [-0.05, 0) is 42.7 Å². The van der Waals surface area contributed by atoms with Crippen molar-refractivity contribution in [2.24, 2.45) is 5.92 Å². The van der Waals surface area contributed by atoms with Crippen LogP contribution in [0.5, 0.6) is 11.5 Å². The van der Waals surface area contributed by atoms with Gasteiger partial charge in [0.15, 0.2) is 11.5 Å². The molecule has 0 aromatic heterocycles. The number of rotatable bonds is 7. The van der Waals surface area contributed by atoms with Crippen molar-refractivity contribution in [2.75, 3.05) is 26.1 Å². The number of carbonyl (C=O) groups excluding carboxylic acids is 2. The Labute approximate surface area is 169 Å². The van der Waals surface area contributed by atoms with Crippen LogP contribution in [-0.2, 0) is 4.74 Å². The van der Waals surface area contributed by atoms with Crippen LogP contribution in [0.15, 0.2) is 30.3 Å². The second-order valence-corrected chi connectivity index (χ2v) is 7.08. The van der Waals surface area contributed by atoms with E-state index in [9.17, 15) is 9.59 Å². The SMILES string of the molecule is COC(=O)c1ccc(C)c(NC(=O)c2cc(Cl)c(OCC(C)C)c(OC)c2)c1. The van der Waals surface area contributed by atoms with E-state index in [1.54, 1.807) is 24.3 Å². The fraction of sp³-hybridized carbons (Fsp3) is 0.333. The zero-order chi connectivity index (χ0) is 20.8. The molecule has 1 amide bonds. The number of benzene rings is 2. The lowest BCUT2D eigenvalue weighted by Crippen LogP contribution is -2.14. The van der Waals surface area contributed by atoms with Gasteiger partial charge in [-0.15, -0.1) is 0 Å². The number of esters is 1. The zero-order valence-electron chi connectivity index (χ0n) is 16.6. The summed E-state index contributed by atoms with van der Waals surface area (Å²) in [6.07, 6.45) is 0. The van der Waals surface area contributed by atoms with E-state index in [4.69, 9.17) is 25.8 Å². The summed E-state index contributed by atoms with van der Waals surface area (Å²) in [6.45, 7) is 6.34. The smallest absolute Gasteiger partial charge is 0.337 e. The second-order valence-electron chi connectivity index (χ2n) is 6.67. The maximum absolute atomic E-state index is 12.7. The second kappa shape index (κ2) is 9.46. The lowest BCUT2D eigenvalue weighted by atomic mass is 10.1. The number of carbonyl (C=O) groups is 2. The number of halogens is 1. The minimum Gasteiger partial charge on any atom is -0.493 e. The zero-order valence-corrected chi connectivity index (χ0v) is 17.3. The summed E-state index contributed by atoms with van der Waals surface area (Å²) in [5.74, 6) is 0.220. The molecule has 6 nitrogen and oxygen atoms in total. The number of methoxy groups -OCH3 is 2. The molecule has 0 unspecified atom stereocenters. The Kier molecular flexibility index (Phi) is 7.29. The van der Waals surface area contributed by atoms with Gasteiger partial charge in [0, 0.05) is 11.3 Å². The maximum atomic E-state index is 12.7. The van der Waals surface area contributed by atoms with Crippen molar-refractivity contribution in [3.63, 3.8) is 0 Å². The average Bonchev–Trinajstić information content (AvgIpc) is 2.67. The van der Waals surface area contributed by atoms with Crippen LogP contribution in [-0.4, -0.2) is 32.7 Å². The number of ether oxygens (including phenoxy) is 3. The van der Waals surface area contributed by atoms with Gasteiger partial charge in [-0.3, -0.25) is 4.79 Å². The number of anilines is 1. The van der Waals surface area contributed by atoms with Gasteiger partial charge in [0.25, 0.3) is 5.91 Å². The molecular weight excluding hydrogens is 382 g/mol. The molecule has 0 fully saturated rings. The Morgan fingerprint density at radius 2 is 1.82 bits per heavy atom. The van der Waals surface area contributed by atoms with E-state index in [1.807, 2.05) is 20.8 Å². The quantitative estimate of drug-likeness (QED) is 0.674. The van der Waals surface area contributed by atoms with Crippen LogP contribution >= 0.6 is 11.6 Å². The topological polar surface area (TPSA) is 73.9 Å². The van der Waals surface area contributed by atoms with Gasteiger partial charge < -0.3 is 19.5 Å².